The summed E-state index contributed by atoms with van der Waals surface area (Å²) in [6, 6.07) is 7.76. The maximum absolute atomic E-state index is 11.9. The molecule has 0 saturated heterocycles. The number of sulfonamides is 1. The van der Waals surface area contributed by atoms with Crippen LogP contribution in [0, 0.1) is 6.92 Å². The zero-order valence-electron chi connectivity index (χ0n) is 13.0. The number of hydrogen-bond acceptors (Lipinski definition) is 5. The van der Waals surface area contributed by atoms with Gasteiger partial charge in [0.15, 0.2) is 0 Å². The molecule has 0 unspecified atom stereocenters. The van der Waals surface area contributed by atoms with Crippen molar-refractivity contribution in [2.75, 3.05) is 7.05 Å². The molecular formula is C15H17N3O4S. The second-order valence-corrected chi connectivity index (χ2v) is 6.65. The Hall–Kier alpha value is -2.45. The Balaban J connectivity index is 2.13. The number of hydrazone groups is 1. The Bertz CT molecular complexity index is 836. The molecular weight excluding hydrogens is 318 g/mol. The van der Waals surface area contributed by atoms with Crippen molar-refractivity contribution in [2.24, 2.45) is 5.10 Å². The Kier molecular flexibility index (Phi) is 4.97. The molecule has 122 valence electrons. The number of carbonyl (C=O) groups is 1. The van der Waals surface area contributed by atoms with Crippen LogP contribution in [0.25, 0.3) is 0 Å². The van der Waals surface area contributed by atoms with Crippen LogP contribution in [0.5, 0.6) is 0 Å². The van der Waals surface area contributed by atoms with Gasteiger partial charge in [-0.15, -0.1) is 0 Å². The minimum Gasteiger partial charge on any atom is -0.469 e. The highest BCUT2D eigenvalue weighted by atomic mass is 32.2. The monoisotopic (exact) mass is 335 g/mol. The van der Waals surface area contributed by atoms with Crippen molar-refractivity contribution in [3.63, 3.8) is 0 Å². The molecule has 0 spiro atoms. The van der Waals surface area contributed by atoms with E-state index in [2.05, 4.69) is 15.2 Å². The predicted octanol–water partition coefficient (Wildman–Crippen LogP) is 1.65. The van der Waals surface area contributed by atoms with Crippen molar-refractivity contribution in [2.45, 2.75) is 18.7 Å². The van der Waals surface area contributed by atoms with Crippen LogP contribution in [-0.4, -0.2) is 27.1 Å². The Morgan fingerprint density at radius 3 is 2.35 bits per heavy atom. The first kappa shape index (κ1) is 16.9. The summed E-state index contributed by atoms with van der Waals surface area (Å²) in [6.45, 7) is 3.40. The molecule has 2 rings (SSSR count). The van der Waals surface area contributed by atoms with Crippen molar-refractivity contribution in [3.8, 4) is 0 Å². The third-order valence-corrected chi connectivity index (χ3v) is 4.71. The van der Waals surface area contributed by atoms with Crippen molar-refractivity contribution < 1.29 is 17.6 Å². The lowest BCUT2D eigenvalue weighted by Crippen LogP contribution is -2.20. The standard InChI is InChI=1S/C15H17N3O4S/c1-10(17-18-15(19)14-8-9-22-11(14)2)12-4-6-13(7-5-12)23(20,21)16-3/h4-9,16H,1-3H3,(H,18,19)/b17-10-. The van der Waals surface area contributed by atoms with E-state index in [1.165, 1.54) is 25.4 Å². The number of nitrogens with zero attached hydrogens (tertiary/aromatic N) is 1. The second kappa shape index (κ2) is 6.76. The minimum atomic E-state index is -3.47. The van der Waals surface area contributed by atoms with Gasteiger partial charge in [0.25, 0.3) is 5.91 Å². The number of carbonyl (C=O) groups excluding carboxylic acids is 1. The largest absolute Gasteiger partial charge is 0.469 e. The summed E-state index contributed by atoms with van der Waals surface area (Å²) in [6.07, 6.45) is 1.43. The van der Waals surface area contributed by atoms with Crippen LogP contribution in [0.4, 0.5) is 0 Å². The number of aryl methyl sites for hydroxylation is 1. The first-order valence-corrected chi connectivity index (χ1v) is 8.26. The zero-order chi connectivity index (χ0) is 17.0. The van der Waals surface area contributed by atoms with Gasteiger partial charge in [-0.3, -0.25) is 4.79 Å². The maximum atomic E-state index is 11.9. The van der Waals surface area contributed by atoms with Gasteiger partial charge in [-0.05, 0) is 44.7 Å². The number of furan rings is 1. The Labute approximate surface area is 134 Å². The molecule has 1 amide bonds. The van der Waals surface area contributed by atoms with Gasteiger partial charge in [0.2, 0.25) is 10.0 Å². The highest BCUT2D eigenvalue weighted by Crippen LogP contribution is 2.11. The molecule has 1 aromatic heterocycles. The van der Waals surface area contributed by atoms with Crippen LogP contribution in [0.15, 0.2) is 51.0 Å². The zero-order valence-corrected chi connectivity index (χ0v) is 13.8. The van der Waals surface area contributed by atoms with E-state index in [9.17, 15) is 13.2 Å². The molecule has 0 saturated carbocycles. The third-order valence-electron chi connectivity index (χ3n) is 3.28. The highest BCUT2D eigenvalue weighted by molar-refractivity contribution is 7.89. The molecule has 0 atom stereocenters. The normalized spacial score (nSPS) is 12.2. The molecule has 23 heavy (non-hydrogen) atoms. The quantitative estimate of drug-likeness (QED) is 0.641. The lowest BCUT2D eigenvalue weighted by atomic mass is 10.1. The first-order chi connectivity index (χ1) is 10.8. The minimum absolute atomic E-state index is 0.162. The predicted molar refractivity (Wildman–Crippen MR) is 85.8 cm³/mol. The summed E-state index contributed by atoms with van der Waals surface area (Å²) in [4.78, 5) is 12.1. The van der Waals surface area contributed by atoms with E-state index in [-0.39, 0.29) is 10.8 Å². The van der Waals surface area contributed by atoms with E-state index >= 15 is 0 Å². The molecule has 1 heterocycles. The molecule has 0 radical (unpaired) electrons. The summed E-state index contributed by atoms with van der Waals surface area (Å²) in [7, 11) is -2.12. The van der Waals surface area contributed by atoms with Gasteiger partial charge in [-0.2, -0.15) is 5.10 Å². The molecule has 0 aliphatic carbocycles. The number of benzene rings is 1. The van der Waals surface area contributed by atoms with Crippen LogP contribution in [0.2, 0.25) is 0 Å². The van der Waals surface area contributed by atoms with E-state index in [1.807, 2.05) is 0 Å². The summed E-state index contributed by atoms with van der Waals surface area (Å²) < 4.78 is 30.6. The van der Waals surface area contributed by atoms with Gasteiger partial charge < -0.3 is 4.42 Å². The maximum Gasteiger partial charge on any atom is 0.274 e. The van der Waals surface area contributed by atoms with E-state index in [1.54, 1.807) is 32.0 Å². The van der Waals surface area contributed by atoms with Gasteiger partial charge in [-0.25, -0.2) is 18.6 Å². The SMILES string of the molecule is CNS(=O)(=O)c1ccc(/C(C)=N\NC(=O)c2ccoc2C)cc1. The molecule has 0 aliphatic heterocycles. The lowest BCUT2D eigenvalue weighted by molar-refractivity contribution is 0.0953. The van der Waals surface area contributed by atoms with Crippen LogP contribution in [0.1, 0.15) is 28.6 Å². The Morgan fingerprint density at radius 2 is 1.83 bits per heavy atom. The summed E-state index contributed by atoms with van der Waals surface area (Å²) >= 11 is 0. The fourth-order valence-electron chi connectivity index (χ4n) is 1.87. The topological polar surface area (TPSA) is 101 Å². The number of amides is 1. The average molecular weight is 335 g/mol. The molecule has 0 aliphatic rings. The van der Waals surface area contributed by atoms with Crippen molar-refractivity contribution in [1.29, 1.82) is 0 Å². The Morgan fingerprint density at radius 1 is 1.17 bits per heavy atom. The highest BCUT2D eigenvalue weighted by Gasteiger charge is 2.12. The fraction of sp³-hybridized carbons (Fsp3) is 0.200. The first-order valence-electron chi connectivity index (χ1n) is 6.78. The van der Waals surface area contributed by atoms with E-state index < -0.39 is 10.0 Å². The van der Waals surface area contributed by atoms with E-state index in [0.29, 0.717) is 22.6 Å². The summed E-state index contributed by atoms with van der Waals surface area (Å²) in [5.74, 6) is 0.141. The second-order valence-electron chi connectivity index (χ2n) is 4.76. The van der Waals surface area contributed by atoms with Crippen molar-refractivity contribution >= 4 is 21.6 Å². The van der Waals surface area contributed by atoms with Crippen LogP contribution < -0.4 is 10.1 Å². The summed E-state index contributed by atoms with van der Waals surface area (Å²) in [5.41, 5.74) is 4.10. The summed E-state index contributed by atoms with van der Waals surface area (Å²) in [5, 5.41) is 4.01. The van der Waals surface area contributed by atoms with E-state index in [0.717, 1.165) is 0 Å². The molecule has 0 fully saturated rings. The fourth-order valence-corrected chi connectivity index (χ4v) is 2.60. The average Bonchev–Trinajstić information content (AvgIpc) is 2.98. The van der Waals surface area contributed by atoms with Crippen molar-refractivity contribution in [3.05, 3.63) is 53.5 Å². The van der Waals surface area contributed by atoms with Crippen LogP contribution >= 0.6 is 0 Å². The molecule has 2 N–H and O–H groups in total. The molecule has 1 aromatic carbocycles. The molecule has 7 nitrogen and oxygen atoms in total. The number of rotatable bonds is 5. The number of nitrogens with one attached hydrogen (secondary N) is 2. The molecule has 8 heteroatoms. The van der Waals surface area contributed by atoms with Gasteiger partial charge in [0.1, 0.15) is 5.76 Å². The van der Waals surface area contributed by atoms with Gasteiger partial charge in [-0.1, -0.05) is 12.1 Å². The van der Waals surface area contributed by atoms with Crippen molar-refractivity contribution in [1.82, 2.24) is 10.1 Å². The van der Waals surface area contributed by atoms with Gasteiger partial charge >= 0.3 is 0 Å². The smallest absolute Gasteiger partial charge is 0.274 e. The number of hydrogen-bond donors (Lipinski definition) is 2. The van der Waals surface area contributed by atoms with Crippen LogP contribution in [-0.2, 0) is 10.0 Å². The van der Waals surface area contributed by atoms with Gasteiger partial charge in [0.05, 0.1) is 22.4 Å². The van der Waals surface area contributed by atoms with E-state index in [4.69, 9.17) is 4.42 Å². The molecule has 2 aromatic rings. The lowest BCUT2D eigenvalue weighted by Gasteiger charge is -2.05. The van der Waals surface area contributed by atoms with Gasteiger partial charge in [0, 0.05) is 0 Å². The molecule has 0 bridgehead atoms. The third kappa shape index (κ3) is 3.85. The van der Waals surface area contributed by atoms with Crippen LogP contribution in [0.3, 0.4) is 0 Å².